The third-order valence-corrected chi connectivity index (χ3v) is 5.44. The summed E-state index contributed by atoms with van der Waals surface area (Å²) < 4.78 is 0. The van der Waals surface area contributed by atoms with Gasteiger partial charge in [0.25, 0.3) is 5.69 Å². The smallest absolute Gasteiger partial charge is 0.294 e. The number of anilines is 2. The Morgan fingerprint density at radius 1 is 1.14 bits per heavy atom. The zero-order valence-corrected chi connectivity index (χ0v) is 17.8. The Morgan fingerprint density at radius 3 is 2.45 bits per heavy atom. The molecule has 0 aromatic heterocycles. The molecule has 0 bridgehead atoms. The number of carbonyl (C=O) groups excluding carboxylic acids is 1. The van der Waals surface area contributed by atoms with E-state index in [0.29, 0.717) is 47.6 Å². The highest BCUT2D eigenvalue weighted by atomic mass is 35.5. The highest BCUT2D eigenvalue weighted by Crippen LogP contribution is 2.32. The van der Waals surface area contributed by atoms with Crippen LogP contribution in [0, 0.1) is 24.0 Å². The highest BCUT2D eigenvalue weighted by molar-refractivity contribution is 6.34. The SMILES string of the molecule is Cc1cc(C)c(NC(=O)CN2CCN(c3ccc(Cl)cc3[N+](=O)[O-])CC2)c(Cl)c1. The van der Waals surface area contributed by atoms with Crippen molar-refractivity contribution in [2.24, 2.45) is 0 Å². The van der Waals surface area contributed by atoms with Crippen molar-refractivity contribution >= 4 is 46.2 Å². The van der Waals surface area contributed by atoms with Crippen LogP contribution in [0.1, 0.15) is 11.1 Å². The number of benzene rings is 2. The van der Waals surface area contributed by atoms with Gasteiger partial charge in [-0.05, 0) is 43.2 Å². The first-order valence-corrected chi connectivity index (χ1v) is 9.98. The number of nitro groups is 1. The van der Waals surface area contributed by atoms with E-state index in [1.807, 2.05) is 35.8 Å². The molecule has 0 saturated carbocycles. The van der Waals surface area contributed by atoms with Crippen LogP contribution in [0.5, 0.6) is 0 Å². The lowest BCUT2D eigenvalue weighted by Crippen LogP contribution is -2.48. The number of hydrogen-bond donors (Lipinski definition) is 1. The molecule has 0 unspecified atom stereocenters. The van der Waals surface area contributed by atoms with Crippen LogP contribution in [0.4, 0.5) is 17.1 Å². The van der Waals surface area contributed by atoms with E-state index in [0.717, 1.165) is 11.1 Å². The molecule has 1 N–H and O–H groups in total. The van der Waals surface area contributed by atoms with E-state index < -0.39 is 4.92 Å². The number of nitrogens with zero attached hydrogens (tertiary/aromatic N) is 3. The Bertz CT molecular complexity index is 920. The van der Waals surface area contributed by atoms with E-state index in [-0.39, 0.29) is 18.1 Å². The standard InChI is InChI=1S/C20H22Cl2N4O3/c1-13-9-14(2)20(16(22)10-13)23-19(27)12-24-5-7-25(8-6-24)17-4-3-15(21)11-18(17)26(28)29/h3-4,9-11H,5-8,12H2,1-2H3,(H,23,27). The minimum absolute atomic E-state index is 0.00631. The van der Waals surface area contributed by atoms with Crippen LogP contribution in [0.15, 0.2) is 30.3 Å². The molecule has 3 rings (SSSR count). The first-order valence-electron chi connectivity index (χ1n) is 9.22. The topological polar surface area (TPSA) is 78.7 Å². The molecule has 7 nitrogen and oxygen atoms in total. The molecule has 0 radical (unpaired) electrons. The van der Waals surface area contributed by atoms with Crippen molar-refractivity contribution in [3.63, 3.8) is 0 Å². The molecule has 2 aromatic carbocycles. The molecule has 1 amide bonds. The number of nitrogens with one attached hydrogen (secondary N) is 1. The zero-order chi connectivity index (χ0) is 21.1. The quantitative estimate of drug-likeness (QED) is 0.558. The van der Waals surface area contributed by atoms with E-state index >= 15 is 0 Å². The monoisotopic (exact) mass is 436 g/mol. The third-order valence-electron chi connectivity index (χ3n) is 4.91. The average molecular weight is 437 g/mol. The van der Waals surface area contributed by atoms with Crippen LogP contribution in [-0.4, -0.2) is 48.5 Å². The molecule has 154 valence electrons. The van der Waals surface area contributed by atoms with Crippen molar-refractivity contribution in [2.75, 3.05) is 42.9 Å². The number of rotatable bonds is 5. The second kappa shape index (κ2) is 8.98. The predicted molar refractivity (Wildman–Crippen MR) is 116 cm³/mol. The molecule has 1 aliphatic rings. The molecule has 29 heavy (non-hydrogen) atoms. The lowest BCUT2D eigenvalue weighted by atomic mass is 10.1. The highest BCUT2D eigenvalue weighted by Gasteiger charge is 2.25. The van der Waals surface area contributed by atoms with Crippen molar-refractivity contribution in [1.29, 1.82) is 0 Å². The van der Waals surface area contributed by atoms with Crippen LogP contribution in [0.3, 0.4) is 0 Å². The van der Waals surface area contributed by atoms with Crippen LogP contribution in [0.2, 0.25) is 10.0 Å². The number of piperazine rings is 1. The Morgan fingerprint density at radius 2 is 1.83 bits per heavy atom. The lowest BCUT2D eigenvalue weighted by molar-refractivity contribution is -0.384. The Kier molecular flexibility index (Phi) is 6.62. The van der Waals surface area contributed by atoms with Crippen LogP contribution < -0.4 is 10.2 Å². The second-order valence-corrected chi connectivity index (χ2v) is 7.98. The minimum Gasteiger partial charge on any atom is -0.363 e. The van der Waals surface area contributed by atoms with E-state index in [4.69, 9.17) is 23.2 Å². The number of carbonyl (C=O) groups is 1. The van der Waals surface area contributed by atoms with Gasteiger partial charge < -0.3 is 10.2 Å². The normalized spacial score (nSPS) is 14.7. The molecular weight excluding hydrogens is 415 g/mol. The maximum absolute atomic E-state index is 12.5. The molecule has 1 fully saturated rings. The number of aryl methyl sites for hydroxylation is 2. The summed E-state index contributed by atoms with van der Waals surface area (Å²) in [4.78, 5) is 27.3. The average Bonchev–Trinajstić information content (AvgIpc) is 2.65. The van der Waals surface area contributed by atoms with Crippen LogP contribution in [-0.2, 0) is 4.79 Å². The number of hydrogen-bond acceptors (Lipinski definition) is 5. The van der Waals surface area contributed by atoms with Gasteiger partial charge in [-0.15, -0.1) is 0 Å². The van der Waals surface area contributed by atoms with E-state index in [9.17, 15) is 14.9 Å². The van der Waals surface area contributed by atoms with Crippen molar-refractivity contribution in [3.8, 4) is 0 Å². The van der Waals surface area contributed by atoms with Gasteiger partial charge in [-0.1, -0.05) is 29.3 Å². The molecule has 0 aliphatic carbocycles. The van der Waals surface area contributed by atoms with Crippen LogP contribution >= 0.6 is 23.2 Å². The fourth-order valence-corrected chi connectivity index (χ4v) is 4.05. The van der Waals surface area contributed by atoms with Gasteiger partial charge in [-0.2, -0.15) is 0 Å². The van der Waals surface area contributed by atoms with E-state index in [1.165, 1.54) is 6.07 Å². The van der Waals surface area contributed by atoms with Crippen molar-refractivity contribution in [1.82, 2.24) is 4.90 Å². The Balaban J connectivity index is 1.59. The van der Waals surface area contributed by atoms with Gasteiger partial charge in [-0.25, -0.2) is 0 Å². The Hall–Kier alpha value is -2.35. The third kappa shape index (κ3) is 5.18. The lowest BCUT2D eigenvalue weighted by Gasteiger charge is -2.35. The molecule has 9 heteroatoms. The fraction of sp³-hybridized carbons (Fsp3) is 0.350. The van der Waals surface area contributed by atoms with Gasteiger partial charge in [-0.3, -0.25) is 19.8 Å². The van der Waals surface area contributed by atoms with Gasteiger partial charge in [0, 0.05) is 37.3 Å². The van der Waals surface area contributed by atoms with Crippen molar-refractivity contribution < 1.29 is 9.72 Å². The van der Waals surface area contributed by atoms with Crippen LogP contribution in [0.25, 0.3) is 0 Å². The number of halogens is 2. The largest absolute Gasteiger partial charge is 0.363 e. The van der Waals surface area contributed by atoms with Crippen molar-refractivity contribution in [3.05, 3.63) is 61.6 Å². The number of amides is 1. The summed E-state index contributed by atoms with van der Waals surface area (Å²) in [6.07, 6.45) is 0. The summed E-state index contributed by atoms with van der Waals surface area (Å²) in [6.45, 7) is 6.50. The maximum atomic E-state index is 12.5. The molecule has 1 heterocycles. The summed E-state index contributed by atoms with van der Waals surface area (Å²) in [6, 6.07) is 8.48. The summed E-state index contributed by atoms with van der Waals surface area (Å²) in [7, 11) is 0. The van der Waals surface area contributed by atoms with Gasteiger partial charge in [0.05, 0.1) is 22.2 Å². The predicted octanol–water partition coefficient (Wildman–Crippen LogP) is 4.28. The van der Waals surface area contributed by atoms with Gasteiger partial charge in [0.15, 0.2) is 0 Å². The number of nitro benzene ring substituents is 1. The molecular formula is C20H22Cl2N4O3. The summed E-state index contributed by atoms with van der Waals surface area (Å²) in [5.74, 6) is -0.134. The summed E-state index contributed by atoms with van der Waals surface area (Å²) >= 11 is 12.2. The molecule has 1 aliphatic heterocycles. The second-order valence-electron chi connectivity index (χ2n) is 7.14. The van der Waals surface area contributed by atoms with Crippen molar-refractivity contribution in [2.45, 2.75) is 13.8 Å². The van der Waals surface area contributed by atoms with Gasteiger partial charge in [0.2, 0.25) is 5.91 Å². The van der Waals surface area contributed by atoms with E-state index in [1.54, 1.807) is 12.1 Å². The maximum Gasteiger partial charge on any atom is 0.294 e. The summed E-state index contributed by atoms with van der Waals surface area (Å²) in [5.41, 5.74) is 3.14. The first-order chi connectivity index (χ1) is 13.7. The summed E-state index contributed by atoms with van der Waals surface area (Å²) in [5, 5.41) is 15.1. The van der Waals surface area contributed by atoms with Gasteiger partial charge >= 0.3 is 0 Å². The molecule has 2 aromatic rings. The Labute approximate surface area is 179 Å². The van der Waals surface area contributed by atoms with E-state index in [2.05, 4.69) is 5.32 Å². The molecule has 0 atom stereocenters. The molecule has 1 saturated heterocycles. The minimum atomic E-state index is -0.422. The molecule has 0 spiro atoms. The van der Waals surface area contributed by atoms with Gasteiger partial charge in [0.1, 0.15) is 5.69 Å². The fourth-order valence-electron chi connectivity index (χ4n) is 3.51. The first kappa shape index (κ1) is 21.4. The zero-order valence-electron chi connectivity index (χ0n) is 16.2.